The Labute approximate surface area is 107 Å². The van der Waals surface area contributed by atoms with Gasteiger partial charge in [-0.1, -0.05) is 19.1 Å². The smallest absolute Gasteiger partial charge is 0.224 e. The minimum atomic E-state index is -0.423. The number of hydrogen-bond donors (Lipinski definition) is 1. The molecule has 1 aromatic carbocycles. The van der Waals surface area contributed by atoms with Gasteiger partial charge < -0.3 is 10.1 Å². The van der Waals surface area contributed by atoms with Crippen molar-refractivity contribution in [3.05, 3.63) is 29.8 Å². The van der Waals surface area contributed by atoms with Crippen molar-refractivity contribution in [3.8, 4) is 5.75 Å². The molecule has 0 aliphatic heterocycles. The highest BCUT2D eigenvalue weighted by molar-refractivity contribution is 5.89. The molecule has 1 aromatic rings. The predicted molar refractivity (Wildman–Crippen MR) is 69.6 cm³/mol. The zero-order valence-electron chi connectivity index (χ0n) is 11.0. The molecule has 18 heavy (non-hydrogen) atoms. The molecule has 0 bridgehead atoms. The molecule has 0 aliphatic carbocycles. The topological polar surface area (TPSA) is 55.4 Å². The number of amides is 1. The number of methoxy groups -OCH3 is 1. The molecule has 0 aliphatic rings. The van der Waals surface area contributed by atoms with Crippen molar-refractivity contribution in [2.24, 2.45) is 0 Å². The second-order valence-corrected chi connectivity index (χ2v) is 4.14. The minimum absolute atomic E-state index is 0.0361. The fraction of sp³-hybridized carbons (Fsp3) is 0.429. The zero-order chi connectivity index (χ0) is 13.5. The summed E-state index contributed by atoms with van der Waals surface area (Å²) in [6.45, 7) is 3.49. The van der Waals surface area contributed by atoms with E-state index in [2.05, 4.69) is 5.32 Å². The molecular weight excluding hydrogens is 230 g/mol. The molecule has 1 amide bonds. The average molecular weight is 249 g/mol. The molecular formula is C14H19NO3. The van der Waals surface area contributed by atoms with Gasteiger partial charge in [-0.2, -0.15) is 0 Å². The lowest BCUT2D eigenvalue weighted by Crippen LogP contribution is -2.39. The second-order valence-electron chi connectivity index (χ2n) is 4.14. The van der Waals surface area contributed by atoms with Crippen LogP contribution in [0.25, 0.3) is 0 Å². The number of rotatable bonds is 6. The van der Waals surface area contributed by atoms with Gasteiger partial charge in [0.2, 0.25) is 5.91 Å². The Morgan fingerprint density at radius 1 is 1.39 bits per heavy atom. The summed E-state index contributed by atoms with van der Waals surface area (Å²) in [7, 11) is 1.58. The van der Waals surface area contributed by atoms with Crippen molar-refractivity contribution in [1.82, 2.24) is 5.32 Å². The number of benzene rings is 1. The zero-order valence-corrected chi connectivity index (χ0v) is 11.0. The first-order valence-corrected chi connectivity index (χ1v) is 6.01. The third-order valence-electron chi connectivity index (χ3n) is 2.71. The molecule has 0 heterocycles. The first kappa shape index (κ1) is 14.2. The van der Waals surface area contributed by atoms with Crippen molar-refractivity contribution in [3.63, 3.8) is 0 Å². The molecule has 0 spiro atoms. The molecule has 0 radical (unpaired) electrons. The summed E-state index contributed by atoms with van der Waals surface area (Å²) in [6.07, 6.45) is 0.680. The van der Waals surface area contributed by atoms with E-state index in [4.69, 9.17) is 4.74 Å². The van der Waals surface area contributed by atoms with Crippen LogP contribution in [0.1, 0.15) is 25.8 Å². The summed E-state index contributed by atoms with van der Waals surface area (Å²) in [5.74, 6) is 0.601. The third-order valence-corrected chi connectivity index (χ3v) is 2.71. The second kappa shape index (κ2) is 6.79. The SMILES string of the molecule is CCC(=O)C(C)NC(=O)Cc1cccc(OC)c1. The number of carbonyl (C=O) groups is 2. The van der Waals surface area contributed by atoms with Crippen LogP contribution in [0, 0.1) is 0 Å². The predicted octanol–water partition coefficient (Wildman–Crippen LogP) is 1.72. The van der Waals surface area contributed by atoms with E-state index in [-0.39, 0.29) is 18.1 Å². The Kier molecular flexibility index (Phi) is 5.36. The van der Waals surface area contributed by atoms with E-state index < -0.39 is 6.04 Å². The van der Waals surface area contributed by atoms with Crippen LogP contribution in [0.5, 0.6) is 5.75 Å². The summed E-state index contributed by atoms with van der Waals surface area (Å²) in [6, 6.07) is 6.90. The maximum atomic E-state index is 11.7. The highest BCUT2D eigenvalue weighted by atomic mass is 16.5. The van der Waals surface area contributed by atoms with Gasteiger partial charge in [-0.15, -0.1) is 0 Å². The van der Waals surface area contributed by atoms with Gasteiger partial charge in [0.05, 0.1) is 19.6 Å². The Morgan fingerprint density at radius 3 is 2.72 bits per heavy atom. The van der Waals surface area contributed by atoms with Crippen LogP contribution in [0.15, 0.2) is 24.3 Å². The number of ether oxygens (including phenoxy) is 1. The molecule has 1 N–H and O–H groups in total. The van der Waals surface area contributed by atoms with Crippen molar-refractivity contribution in [2.75, 3.05) is 7.11 Å². The third kappa shape index (κ3) is 4.20. The molecule has 1 rings (SSSR count). The Balaban J connectivity index is 2.56. The Bertz CT molecular complexity index is 429. The van der Waals surface area contributed by atoms with Gasteiger partial charge in [0.15, 0.2) is 5.78 Å². The summed E-state index contributed by atoms with van der Waals surface area (Å²) in [4.78, 5) is 23.1. The van der Waals surface area contributed by atoms with Gasteiger partial charge in [-0.3, -0.25) is 9.59 Å². The van der Waals surface area contributed by atoms with Crippen molar-refractivity contribution in [1.29, 1.82) is 0 Å². The van der Waals surface area contributed by atoms with Gasteiger partial charge in [0, 0.05) is 6.42 Å². The van der Waals surface area contributed by atoms with Crippen molar-refractivity contribution < 1.29 is 14.3 Å². The summed E-state index contributed by atoms with van der Waals surface area (Å²) in [5.41, 5.74) is 0.864. The van der Waals surface area contributed by atoms with Gasteiger partial charge in [0.1, 0.15) is 5.75 Å². The van der Waals surface area contributed by atoms with E-state index in [1.807, 2.05) is 24.3 Å². The van der Waals surface area contributed by atoms with Gasteiger partial charge in [-0.05, 0) is 24.6 Å². The fourth-order valence-corrected chi connectivity index (χ4v) is 1.65. The van der Waals surface area contributed by atoms with Crippen LogP contribution in [0.3, 0.4) is 0 Å². The Morgan fingerprint density at radius 2 is 2.11 bits per heavy atom. The average Bonchev–Trinajstić information content (AvgIpc) is 2.37. The lowest BCUT2D eigenvalue weighted by Gasteiger charge is -2.12. The minimum Gasteiger partial charge on any atom is -0.497 e. The van der Waals surface area contributed by atoms with Crippen LogP contribution in [-0.2, 0) is 16.0 Å². The van der Waals surface area contributed by atoms with E-state index >= 15 is 0 Å². The lowest BCUT2D eigenvalue weighted by molar-refractivity contribution is -0.126. The van der Waals surface area contributed by atoms with Crippen LogP contribution in [0.4, 0.5) is 0 Å². The van der Waals surface area contributed by atoms with Gasteiger partial charge >= 0.3 is 0 Å². The standard InChI is InChI=1S/C14H19NO3/c1-4-13(16)10(2)15-14(17)9-11-6-5-7-12(8-11)18-3/h5-8,10H,4,9H2,1-3H3,(H,15,17). The maximum absolute atomic E-state index is 11.7. The number of hydrogen-bond acceptors (Lipinski definition) is 3. The molecule has 4 heteroatoms. The number of carbonyl (C=O) groups excluding carboxylic acids is 2. The first-order valence-electron chi connectivity index (χ1n) is 6.01. The lowest BCUT2D eigenvalue weighted by atomic mass is 10.1. The van der Waals surface area contributed by atoms with Crippen LogP contribution in [0.2, 0.25) is 0 Å². The summed E-state index contributed by atoms with van der Waals surface area (Å²) < 4.78 is 5.09. The van der Waals surface area contributed by atoms with Crippen molar-refractivity contribution >= 4 is 11.7 Å². The molecule has 0 saturated carbocycles. The van der Waals surface area contributed by atoms with Crippen LogP contribution in [-0.4, -0.2) is 24.8 Å². The van der Waals surface area contributed by atoms with Crippen LogP contribution >= 0.6 is 0 Å². The number of Topliss-reactive ketones (excluding diaryl/α,β-unsaturated/α-hetero) is 1. The number of ketones is 1. The van der Waals surface area contributed by atoms with E-state index in [1.54, 1.807) is 21.0 Å². The van der Waals surface area contributed by atoms with Gasteiger partial charge in [0.25, 0.3) is 0 Å². The largest absolute Gasteiger partial charge is 0.497 e. The van der Waals surface area contributed by atoms with E-state index in [9.17, 15) is 9.59 Å². The van der Waals surface area contributed by atoms with Gasteiger partial charge in [-0.25, -0.2) is 0 Å². The number of nitrogens with one attached hydrogen (secondary N) is 1. The summed E-state index contributed by atoms with van der Waals surface area (Å²) >= 11 is 0. The van der Waals surface area contributed by atoms with E-state index in [0.717, 1.165) is 11.3 Å². The van der Waals surface area contributed by atoms with Crippen LogP contribution < -0.4 is 10.1 Å². The molecule has 0 saturated heterocycles. The highest BCUT2D eigenvalue weighted by Gasteiger charge is 2.13. The Hall–Kier alpha value is -1.84. The molecule has 4 nitrogen and oxygen atoms in total. The molecule has 1 atom stereocenters. The molecule has 0 fully saturated rings. The monoisotopic (exact) mass is 249 g/mol. The quantitative estimate of drug-likeness (QED) is 0.835. The van der Waals surface area contributed by atoms with E-state index in [1.165, 1.54) is 0 Å². The first-order chi connectivity index (χ1) is 8.56. The molecule has 1 unspecified atom stereocenters. The molecule has 0 aromatic heterocycles. The normalized spacial score (nSPS) is 11.7. The fourth-order valence-electron chi connectivity index (χ4n) is 1.65. The highest BCUT2D eigenvalue weighted by Crippen LogP contribution is 2.12. The van der Waals surface area contributed by atoms with Crippen molar-refractivity contribution in [2.45, 2.75) is 32.7 Å². The molecule has 98 valence electrons. The maximum Gasteiger partial charge on any atom is 0.224 e. The van der Waals surface area contributed by atoms with E-state index in [0.29, 0.717) is 6.42 Å². The summed E-state index contributed by atoms with van der Waals surface area (Å²) in [5, 5.41) is 2.69.